The monoisotopic (exact) mass is 456 g/mol. The molecule has 0 aliphatic carbocycles. The number of ether oxygens (including phenoxy) is 2. The van der Waals surface area contributed by atoms with Crippen LogP contribution in [0.15, 0.2) is 60.3 Å². The van der Waals surface area contributed by atoms with Gasteiger partial charge in [-0.05, 0) is 74.2 Å². The standard InChI is InChI=1S/C28H28N2O4/c1-16-7-10-20(19(4)13-16)25-26(29-21-14-17(2)8-11-23(21)33-5)28(32)30(27(25)31)22-15-18(3)9-12-24(22)34-6/h7-15,29H,1-6H3. The highest BCUT2D eigenvalue weighted by molar-refractivity contribution is 6.46. The van der Waals surface area contributed by atoms with Crippen LogP contribution in [0.5, 0.6) is 11.5 Å². The van der Waals surface area contributed by atoms with Gasteiger partial charge in [0.15, 0.2) is 0 Å². The fourth-order valence-electron chi connectivity index (χ4n) is 4.24. The van der Waals surface area contributed by atoms with Gasteiger partial charge in [-0.3, -0.25) is 9.59 Å². The second-order valence-corrected chi connectivity index (χ2v) is 8.52. The Balaban J connectivity index is 1.92. The quantitative estimate of drug-likeness (QED) is 0.508. The summed E-state index contributed by atoms with van der Waals surface area (Å²) in [6.07, 6.45) is 0. The Hall–Kier alpha value is -4.06. The van der Waals surface area contributed by atoms with Crippen LogP contribution in [-0.4, -0.2) is 26.0 Å². The normalized spacial score (nSPS) is 13.5. The molecule has 0 spiro atoms. The molecule has 0 bridgehead atoms. The molecule has 0 aromatic heterocycles. The molecule has 0 saturated heterocycles. The van der Waals surface area contributed by atoms with E-state index in [4.69, 9.17) is 9.47 Å². The van der Waals surface area contributed by atoms with Crippen LogP contribution in [0.1, 0.15) is 27.8 Å². The van der Waals surface area contributed by atoms with Crippen molar-refractivity contribution in [3.05, 3.63) is 88.1 Å². The Morgan fingerprint density at radius 1 is 0.706 bits per heavy atom. The van der Waals surface area contributed by atoms with E-state index in [9.17, 15) is 9.59 Å². The van der Waals surface area contributed by atoms with Crippen LogP contribution in [-0.2, 0) is 9.59 Å². The van der Waals surface area contributed by atoms with Crippen LogP contribution in [0, 0.1) is 27.7 Å². The molecule has 34 heavy (non-hydrogen) atoms. The zero-order chi connectivity index (χ0) is 24.6. The molecule has 1 N–H and O–H groups in total. The summed E-state index contributed by atoms with van der Waals surface area (Å²) in [6, 6.07) is 16.9. The predicted molar refractivity (Wildman–Crippen MR) is 134 cm³/mol. The van der Waals surface area contributed by atoms with E-state index in [1.807, 2.05) is 70.2 Å². The number of hydrogen-bond donors (Lipinski definition) is 1. The van der Waals surface area contributed by atoms with Gasteiger partial charge in [-0.1, -0.05) is 35.9 Å². The molecule has 1 aliphatic heterocycles. The number of anilines is 2. The van der Waals surface area contributed by atoms with Gasteiger partial charge in [-0.15, -0.1) is 0 Å². The minimum absolute atomic E-state index is 0.199. The van der Waals surface area contributed by atoms with E-state index in [1.165, 1.54) is 12.0 Å². The molecule has 3 aromatic carbocycles. The lowest BCUT2D eigenvalue weighted by atomic mass is 9.97. The van der Waals surface area contributed by atoms with Gasteiger partial charge in [-0.2, -0.15) is 0 Å². The lowest BCUT2D eigenvalue weighted by molar-refractivity contribution is -0.120. The molecule has 6 heteroatoms. The van der Waals surface area contributed by atoms with Crippen LogP contribution in [0.2, 0.25) is 0 Å². The molecule has 1 aliphatic rings. The predicted octanol–water partition coefficient (Wildman–Crippen LogP) is 5.33. The fraction of sp³-hybridized carbons (Fsp3) is 0.214. The molecule has 0 radical (unpaired) electrons. The van der Waals surface area contributed by atoms with Crippen LogP contribution in [0.3, 0.4) is 0 Å². The van der Waals surface area contributed by atoms with E-state index in [2.05, 4.69) is 5.32 Å². The first-order valence-corrected chi connectivity index (χ1v) is 11.0. The number of rotatable bonds is 6. The van der Waals surface area contributed by atoms with Gasteiger partial charge in [0.2, 0.25) is 0 Å². The molecule has 0 unspecified atom stereocenters. The van der Waals surface area contributed by atoms with Gasteiger partial charge >= 0.3 is 0 Å². The maximum absolute atomic E-state index is 13.9. The Kier molecular flexibility index (Phi) is 6.16. The third kappa shape index (κ3) is 4.03. The van der Waals surface area contributed by atoms with Gasteiger partial charge < -0.3 is 14.8 Å². The van der Waals surface area contributed by atoms with Crippen molar-refractivity contribution in [2.45, 2.75) is 27.7 Å². The molecule has 1 heterocycles. The summed E-state index contributed by atoms with van der Waals surface area (Å²) < 4.78 is 11.0. The van der Waals surface area contributed by atoms with Gasteiger partial charge in [0.1, 0.15) is 17.2 Å². The largest absolute Gasteiger partial charge is 0.495 e. The molecule has 2 amide bonds. The van der Waals surface area contributed by atoms with Crippen LogP contribution >= 0.6 is 0 Å². The fourth-order valence-corrected chi connectivity index (χ4v) is 4.24. The number of carbonyl (C=O) groups excluding carboxylic acids is 2. The molecular formula is C28H28N2O4. The van der Waals surface area contributed by atoms with Crippen LogP contribution in [0.4, 0.5) is 11.4 Å². The summed E-state index contributed by atoms with van der Waals surface area (Å²) in [5, 5.41) is 3.23. The zero-order valence-electron chi connectivity index (χ0n) is 20.3. The highest BCUT2D eigenvalue weighted by Crippen LogP contribution is 2.40. The first-order valence-electron chi connectivity index (χ1n) is 11.0. The summed E-state index contributed by atoms with van der Waals surface area (Å²) in [5.74, 6) is 0.161. The van der Waals surface area contributed by atoms with Crippen molar-refractivity contribution in [1.29, 1.82) is 0 Å². The molecule has 3 aromatic rings. The number of imide groups is 1. The third-order valence-electron chi connectivity index (χ3n) is 5.93. The Labute approximate surface area is 199 Å². The molecule has 0 fully saturated rings. The molecular weight excluding hydrogens is 428 g/mol. The van der Waals surface area contributed by atoms with Crippen LogP contribution in [0.25, 0.3) is 5.57 Å². The highest BCUT2D eigenvalue weighted by Gasteiger charge is 2.42. The second-order valence-electron chi connectivity index (χ2n) is 8.52. The van der Waals surface area contributed by atoms with Crippen molar-refractivity contribution < 1.29 is 19.1 Å². The number of benzene rings is 3. The van der Waals surface area contributed by atoms with E-state index < -0.39 is 11.8 Å². The SMILES string of the molecule is COc1ccc(C)cc1NC1=C(c2ccc(C)cc2C)C(=O)N(c2cc(C)ccc2OC)C1=O. The summed E-state index contributed by atoms with van der Waals surface area (Å²) in [7, 11) is 3.09. The smallest absolute Gasteiger partial charge is 0.282 e. The topological polar surface area (TPSA) is 67.9 Å². The molecule has 0 atom stereocenters. The summed E-state index contributed by atoms with van der Waals surface area (Å²) in [5.41, 5.74) is 6.12. The maximum atomic E-state index is 13.9. The van der Waals surface area contributed by atoms with Crippen molar-refractivity contribution in [2.75, 3.05) is 24.4 Å². The van der Waals surface area contributed by atoms with Crippen molar-refractivity contribution in [3.63, 3.8) is 0 Å². The first-order chi connectivity index (χ1) is 16.2. The highest BCUT2D eigenvalue weighted by atomic mass is 16.5. The number of aryl methyl sites for hydroxylation is 4. The number of amides is 2. The number of hydrogen-bond acceptors (Lipinski definition) is 5. The van der Waals surface area contributed by atoms with Crippen molar-refractivity contribution in [1.82, 2.24) is 0 Å². The molecule has 0 saturated carbocycles. The minimum Gasteiger partial charge on any atom is -0.495 e. The summed E-state index contributed by atoms with van der Waals surface area (Å²) in [6.45, 7) is 7.79. The number of methoxy groups -OCH3 is 2. The summed E-state index contributed by atoms with van der Waals surface area (Å²) >= 11 is 0. The third-order valence-corrected chi connectivity index (χ3v) is 5.93. The van der Waals surface area contributed by atoms with Crippen molar-refractivity contribution in [2.24, 2.45) is 0 Å². The van der Waals surface area contributed by atoms with Gasteiger partial charge in [0.25, 0.3) is 11.8 Å². The number of nitrogens with zero attached hydrogens (tertiary/aromatic N) is 1. The van der Waals surface area contributed by atoms with Crippen LogP contribution < -0.4 is 19.7 Å². The molecule has 174 valence electrons. The van der Waals surface area contributed by atoms with Crippen molar-refractivity contribution >= 4 is 28.8 Å². The molecule has 6 nitrogen and oxygen atoms in total. The number of nitrogens with one attached hydrogen (secondary N) is 1. The average Bonchev–Trinajstić information content (AvgIpc) is 3.03. The van der Waals surface area contributed by atoms with E-state index in [-0.39, 0.29) is 5.70 Å². The average molecular weight is 457 g/mol. The van der Waals surface area contributed by atoms with E-state index in [0.29, 0.717) is 34.0 Å². The van der Waals surface area contributed by atoms with E-state index in [1.54, 1.807) is 19.2 Å². The maximum Gasteiger partial charge on any atom is 0.282 e. The minimum atomic E-state index is -0.451. The van der Waals surface area contributed by atoms with Gasteiger partial charge in [0, 0.05) is 0 Å². The molecule has 4 rings (SSSR count). The summed E-state index contributed by atoms with van der Waals surface area (Å²) in [4.78, 5) is 28.9. The van der Waals surface area contributed by atoms with E-state index in [0.717, 1.165) is 22.3 Å². The lowest BCUT2D eigenvalue weighted by Gasteiger charge is -2.19. The van der Waals surface area contributed by atoms with Crippen molar-refractivity contribution in [3.8, 4) is 11.5 Å². The van der Waals surface area contributed by atoms with E-state index >= 15 is 0 Å². The Bertz CT molecular complexity index is 1340. The Morgan fingerprint density at radius 2 is 1.29 bits per heavy atom. The number of carbonyl (C=O) groups is 2. The zero-order valence-corrected chi connectivity index (χ0v) is 20.3. The second kappa shape index (κ2) is 9.06. The Morgan fingerprint density at radius 3 is 1.94 bits per heavy atom. The first kappa shape index (κ1) is 23.1. The van der Waals surface area contributed by atoms with Gasteiger partial charge in [0.05, 0.1) is 31.2 Å². The lowest BCUT2D eigenvalue weighted by Crippen LogP contribution is -2.32. The van der Waals surface area contributed by atoms with Gasteiger partial charge in [-0.25, -0.2) is 4.90 Å².